The van der Waals surface area contributed by atoms with Crippen LogP contribution in [0, 0.1) is 5.92 Å². The average molecular weight is 294 g/mol. The molecule has 0 saturated heterocycles. The van der Waals surface area contributed by atoms with Gasteiger partial charge in [-0.05, 0) is 30.2 Å². The molecular formula is C15H22N2O2S. The summed E-state index contributed by atoms with van der Waals surface area (Å²) in [6.45, 7) is 0.768. The average Bonchev–Trinajstić information content (AvgIpc) is 3.13. The van der Waals surface area contributed by atoms with E-state index in [2.05, 4.69) is 10.6 Å². The second-order valence-corrected chi connectivity index (χ2v) is 6.25. The summed E-state index contributed by atoms with van der Waals surface area (Å²) in [5, 5.41) is 7.33. The topological polar surface area (TPSA) is 58.2 Å². The standard InChI is InChI=1S/C15H22N2O2S/c18-14(11-17-15(19)13-8-4-10-20-13)16-9-3-7-12-5-1-2-6-12/h4,8,10,12H,1-3,5-7,9,11H2,(H,16,18)(H,17,19). The summed E-state index contributed by atoms with van der Waals surface area (Å²) in [6.07, 6.45) is 7.68. The van der Waals surface area contributed by atoms with Gasteiger partial charge in [0.1, 0.15) is 0 Å². The molecule has 1 aromatic rings. The molecule has 0 unspecified atom stereocenters. The van der Waals surface area contributed by atoms with E-state index in [4.69, 9.17) is 0 Å². The molecule has 0 aromatic carbocycles. The maximum atomic E-state index is 11.6. The van der Waals surface area contributed by atoms with Crippen molar-refractivity contribution in [1.82, 2.24) is 10.6 Å². The third kappa shape index (κ3) is 4.96. The van der Waals surface area contributed by atoms with Gasteiger partial charge in [0, 0.05) is 6.54 Å². The molecule has 0 bridgehead atoms. The second-order valence-electron chi connectivity index (χ2n) is 5.30. The van der Waals surface area contributed by atoms with Crippen molar-refractivity contribution in [3.63, 3.8) is 0 Å². The highest BCUT2D eigenvalue weighted by molar-refractivity contribution is 7.12. The first-order valence-electron chi connectivity index (χ1n) is 7.34. The van der Waals surface area contributed by atoms with Gasteiger partial charge in [0.25, 0.3) is 5.91 Å². The van der Waals surface area contributed by atoms with Gasteiger partial charge in [-0.1, -0.05) is 31.7 Å². The van der Waals surface area contributed by atoms with E-state index < -0.39 is 0 Å². The van der Waals surface area contributed by atoms with E-state index in [1.54, 1.807) is 6.07 Å². The number of hydrogen-bond donors (Lipinski definition) is 2. The number of hydrogen-bond acceptors (Lipinski definition) is 3. The third-order valence-electron chi connectivity index (χ3n) is 3.74. The van der Waals surface area contributed by atoms with Gasteiger partial charge in [-0.2, -0.15) is 0 Å². The van der Waals surface area contributed by atoms with Gasteiger partial charge in [-0.15, -0.1) is 11.3 Å². The summed E-state index contributed by atoms with van der Waals surface area (Å²) in [5.41, 5.74) is 0. The highest BCUT2D eigenvalue weighted by Gasteiger charge is 2.14. The van der Waals surface area contributed by atoms with Gasteiger partial charge in [0.05, 0.1) is 11.4 Å². The summed E-state index contributed by atoms with van der Waals surface area (Å²) < 4.78 is 0. The Bertz CT molecular complexity index is 425. The predicted octanol–water partition coefficient (Wildman–Crippen LogP) is 2.56. The van der Waals surface area contributed by atoms with Crippen molar-refractivity contribution in [3.05, 3.63) is 22.4 Å². The molecule has 2 rings (SSSR count). The van der Waals surface area contributed by atoms with Gasteiger partial charge < -0.3 is 10.6 Å². The molecule has 110 valence electrons. The summed E-state index contributed by atoms with van der Waals surface area (Å²) in [4.78, 5) is 23.9. The van der Waals surface area contributed by atoms with E-state index >= 15 is 0 Å². The first-order valence-corrected chi connectivity index (χ1v) is 8.22. The number of rotatable bonds is 7. The normalized spacial score (nSPS) is 15.2. The van der Waals surface area contributed by atoms with Crippen LogP contribution in [-0.4, -0.2) is 24.9 Å². The Morgan fingerprint density at radius 1 is 1.25 bits per heavy atom. The van der Waals surface area contributed by atoms with Gasteiger partial charge in [0.2, 0.25) is 5.91 Å². The third-order valence-corrected chi connectivity index (χ3v) is 4.61. The zero-order valence-electron chi connectivity index (χ0n) is 11.7. The van der Waals surface area contributed by atoms with Crippen LogP contribution >= 0.6 is 11.3 Å². The van der Waals surface area contributed by atoms with Gasteiger partial charge >= 0.3 is 0 Å². The first-order chi connectivity index (χ1) is 9.75. The van der Waals surface area contributed by atoms with Crippen LogP contribution in [0.1, 0.15) is 48.2 Å². The number of nitrogens with one attached hydrogen (secondary N) is 2. The van der Waals surface area contributed by atoms with E-state index in [-0.39, 0.29) is 18.4 Å². The lowest BCUT2D eigenvalue weighted by Crippen LogP contribution is -2.37. The molecule has 4 nitrogen and oxygen atoms in total. The van der Waals surface area contributed by atoms with Crippen LogP contribution in [0.3, 0.4) is 0 Å². The SMILES string of the molecule is O=C(CNC(=O)c1cccs1)NCCCC1CCCC1. The molecule has 1 aromatic heterocycles. The van der Waals surface area contributed by atoms with Crippen molar-refractivity contribution in [2.45, 2.75) is 38.5 Å². The van der Waals surface area contributed by atoms with Crippen molar-refractivity contribution in [3.8, 4) is 0 Å². The molecule has 1 fully saturated rings. The molecule has 0 aliphatic heterocycles. The molecule has 2 amide bonds. The lowest BCUT2D eigenvalue weighted by Gasteiger charge is -2.09. The van der Waals surface area contributed by atoms with E-state index in [0.29, 0.717) is 11.4 Å². The van der Waals surface area contributed by atoms with Crippen LogP contribution in [0.5, 0.6) is 0 Å². The Morgan fingerprint density at radius 2 is 2.05 bits per heavy atom. The molecule has 0 atom stereocenters. The van der Waals surface area contributed by atoms with E-state index in [9.17, 15) is 9.59 Å². The van der Waals surface area contributed by atoms with Crippen molar-refractivity contribution in [2.75, 3.05) is 13.1 Å². The predicted molar refractivity (Wildman–Crippen MR) is 80.9 cm³/mol. The minimum absolute atomic E-state index is 0.0557. The Hall–Kier alpha value is -1.36. The zero-order valence-corrected chi connectivity index (χ0v) is 12.5. The van der Waals surface area contributed by atoms with Crippen LogP contribution < -0.4 is 10.6 Å². The summed E-state index contributed by atoms with van der Waals surface area (Å²) in [6, 6.07) is 3.57. The van der Waals surface area contributed by atoms with Crippen LogP contribution in [-0.2, 0) is 4.79 Å². The monoisotopic (exact) mass is 294 g/mol. The number of amides is 2. The molecular weight excluding hydrogens is 272 g/mol. The summed E-state index contributed by atoms with van der Waals surface area (Å²) in [7, 11) is 0. The Morgan fingerprint density at radius 3 is 2.75 bits per heavy atom. The smallest absolute Gasteiger partial charge is 0.261 e. The highest BCUT2D eigenvalue weighted by atomic mass is 32.1. The molecule has 1 aliphatic carbocycles. The fourth-order valence-electron chi connectivity index (χ4n) is 2.64. The van der Waals surface area contributed by atoms with Crippen LogP contribution in [0.4, 0.5) is 0 Å². The highest BCUT2D eigenvalue weighted by Crippen LogP contribution is 2.28. The van der Waals surface area contributed by atoms with Crippen LogP contribution in [0.25, 0.3) is 0 Å². The van der Waals surface area contributed by atoms with E-state index in [1.165, 1.54) is 43.4 Å². The van der Waals surface area contributed by atoms with E-state index in [1.807, 2.05) is 11.4 Å². The fourth-order valence-corrected chi connectivity index (χ4v) is 3.28. The summed E-state index contributed by atoms with van der Waals surface area (Å²) >= 11 is 1.37. The Kier molecular flexibility index (Phi) is 6.05. The lowest BCUT2D eigenvalue weighted by atomic mass is 10.0. The molecule has 1 aliphatic rings. The molecule has 20 heavy (non-hydrogen) atoms. The Balaban J connectivity index is 1.53. The number of carbonyl (C=O) groups is 2. The fraction of sp³-hybridized carbons (Fsp3) is 0.600. The molecule has 1 saturated carbocycles. The zero-order chi connectivity index (χ0) is 14.2. The number of thiophene rings is 1. The van der Waals surface area contributed by atoms with Crippen molar-refractivity contribution in [1.29, 1.82) is 0 Å². The minimum Gasteiger partial charge on any atom is -0.355 e. The minimum atomic E-state index is -0.180. The summed E-state index contributed by atoms with van der Waals surface area (Å²) in [5.74, 6) is 0.577. The maximum absolute atomic E-state index is 11.6. The second kappa shape index (κ2) is 8.04. The maximum Gasteiger partial charge on any atom is 0.261 e. The van der Waals surface area contributed by atoms with Crippen molar-refractivity contribution >= 4 is 23.2 Å². The molecule has 5 heteroatoms. The molecule has 0 radical (unpaired) electrons. The molecule has 0 spiro atoms. The quantitative estimate of drug-likeness (QED) is 0.759. The van der Waals surface area contributed by atoms with Gasteiger partial charge in [-0.25, -0.2) is 0 Å². The van der Waals surface area contributed by atoms with Crippen molar-refractivity contribution < 1.29 is 9.59 Å². The molecule has 1 heterocycles. The number of carbonyl (C=O) groups excluding carboxylic acids is 2. The van der Waals surface area contributed by atoms with Crippen LogP contribution in [0.2, 0.25) is 0 Å². The Labute approximate surface area is 124 Å². The largest absolute Gasteiger partial charge is 0.355 e. The van der Waals surface area contributed by atoms with Gasteiger partial charge in [0.15, 0.2) is 0 Å². The van der Waals surface area contributed by atoms with Crippen LogP contribution in [0.15, 0.2) is 17.5 Å². The van der Waals surface area contributed by atoms with Crippen molar-refractivity contribution in [2.24, 2.45) is 5.92 Å². The van der Waals surface area contributed by atoms with E-state index in [0.717, 1.165) is 12.3 Å². The first kappa shape index (κ1) is 15.0. The van der Waals surface area contributed by atoms with Gasteiger partial charge in [-0.3, -0.25) is 9.59 Å². The lowest BCUT2D eigenvalue weighted by molar-refractivity contribution is -0.120. The molecule has 2 N–H and O–H groups in total.